The van der Waals surface area contributed by atoms with Crippen LogP contribution in [0.2, 0.25) is 0 Å². The second kappa shape index (κ2) is 11.6. The van der Waals surface area contributed by atoms with Crippen molar-refractivity contribution in [3.05, 3.63) is 65.2 Å². The molecule has 0 aromatic heterocycles. The molecule has 0 unspecified atom stereocenters. The summed E-state index contributed by atoms with van der Waals surface area (Å²) in [5, 5.41) is 2.91. The van der Waals surface area contributed by atoms with Gasteiger partial charge in [-0.15, -0.1) is 11.8 Å². The molecule has 1 atom stereocenters. The lowest BCUT2D eigenvalue weighted by atomic mass is 10.1. The van der Waals surface area contributed by atoms with Crippen LogP contribution in [0.3, 0.4) is 0 Å². The third-order valence-electron chi connectivity index (χ3n) is 4.69. The smallest absolute Gasteiger partial charge is 0.242 e. The number of benzene rings is 2. The van der Waals surface area contributed by atoms with Crippen LogP contribution in [0.15, 0.2) is 48.5 Å². The summed E-state index contributed by atoms with van der Waals surface area (Å²) < 4.78 is 5.21. The van der Waals surface area contributed by atoms with Crippen molar-refractivity contribution in [2.24, 2.45) is 0 Å². The minimum absolute atomic E-state index is 0.0218. The van der Waals surface area contributed by atoms with Gasteiger partial charge in [-0.1, -0.05) is 42.0 Å². The molecule has 0 bridgehead atoms. The maximum atomic E-state index is 13.1. The SMILES string of the molecule is COc1ccc(CN(C(=O)CSCc2cccc(C)c2)[C@@H](C)C(=O)NC(C)C)cc1. The molecule has 0 saturated heterocycles. The summed E-state index contributed by atoms with van der Waals surface area (Å²) in [5.41, 5.74) is 3.36. The Bertz CT molecular complexity index is 837. The highest BCUT2D eigenvalue weighted by atomic mass is 32.2. The van der Waals surface area contributed by atoms with Gasteiger partial charge in [0.25, 0.3) is 0 Å². The van der Waals surface area contributed by atoms with E-state index >= 15 is 0 Å². The van der Waals surface area contributed by atoms with Gasteiger partial charge in [-0.2, -0.15) is 0 Å². The number of methoxy groups -OCH3 is 1. The van der Waals surface area contributed by atoms with Gasteiger partial charge in [-0.3, -0.25) is 9.59 Å². The van der Waals surface area contributed by atoms with E-state index in [-0.39, 0.29) is 17.9 Å². The van der Waals surface area contributed by atoms with E-state index in [9.17, 15) is 9.59 Å². The maximum Gasteiger partial charge on any atom is 0.242 e. The Balaban J connectivity index is 2.07. The Morgan fingerprint density at radius 1 is 1.07 bits per heavy atom. The average molecular weight is 429 g/mol. The molecule has 2 rings (SSSR count). The van der Waals surface area contributed by atoms with Crippen LogP contribution in [0.1, 0.15) is 37.5 Å². The molecule has 162 valence electrons. The molecule has 1 N–H and O–H groups in total. The summed E-state index contributed by atoms with van der Waals surface area (Å²) in [4.78, 5) is 27.3. The van der Waals surface area contributed by atoms with Crippen molar-refractivity contribution in [1.29, 1.82) is 0 Å². The highest BCUT2D eigenvalue weighted by molar-refractivity contribution is 7.99. The number of amides is 2. The highest BCUT2D eigenvalue weighted by Crippen LogP contribution is 2.18. The van der Waals surface area contributed by atoms with Crippen molar-refractivity contribution in [1.82, 2.24) is 10.2 Å². The summed E-state index contributed by atoms with van der Waals surface area (Å²) in [6, 6.07) is 15.3. The molecule has 0 heterocycles. The fraction of sp³-hybridized carbons (Fsp3) is 0.417. The van der Waals surface area contributed by atoms with Crippen molar-refractivity contribution < 1.29 is 14.3 Å². The second-order valence-electron chi connectivity index (χ2n) is 7.69. The number of hydrogen-bond donors (Lipinski definition) is 1. The van der Waals surface area contributed by atoms with Gasteiger partial charge in [0.15, 0.2) is 0 Å². The van der Waals surface area contributed by atoms with Crippen molar-refractivity contribution in [3.8, 4) is 5.75 Å². The van der Waals surface area contributed by atoms with Gasteiger partial charge >= 0.3 is 0 Å². The zero-order valence-corrected chi connectivity index (χ0v) is 19.3. The molecule has 0 spiro atoms. The lowest BCUT2D eigenvalue weighted by Gasteiger charge is -2.29. The summed E-state index contributed by atoms with van der Waals surface area (Å²) in [6.45, 7) is 8.05. The van der Waals surface area contributed by atoms with E-state index in [0.29, 0.717) is 12.3 Å². The number of aryl methyl sites for hydroxylation is 1. The van der Waals surface area contributed by atoms with Crippen LogP contribution in [0.4, 0.5) is 0 Å². The lowest BCUT2D eigenvalue weighted by Crippen LogP contribution is -2.49. The minimum atomic E-state index is -0.554. The number of thioether (sulfide) groups is 1. The summed E-state index contributed by atoms with van der Waals surface area (Å²) >= 11 is 1.57. The minimum Gasteiger partial charge on any atom is -0.497 e. The fourth-order valence-corrected chi connectivity index (χ4v) is 3.91. The van der Waals surface area contributed by atoms with E-state index in [1.807, 2.05) is 44.2 Å². The van der Waals surface area contributed by atoms with E-state index in [0.717, 1.165) is 17.1 Å². The summed E-state index contributed by atoms with van der Waals surface area (Å²) in [5.74, 6) is 1.65. The Hall–Kier alpha value is -2.47. The molecule has 2 aromatic carbocycles. The highest BCUT2D eigenvalue weighted by Gasteiger charge is 2.26. The van der Waals surface area contributed by atoms with Gasteiger partial charge in [-0.25, -0.2) is 0 Å². The lowest BCUT2D eigenvalue weighted by molar-refractivity contribution is -0.138. The summed E-state index contributed by atoms with van der Waals surface area (Å²) in [7, 11) is 1.62. The third-order valence-corrected chi connectivity index (χ3v) is 5.68. The van der Waals surface area contributed by atoms with E-state index in [2.05, 4.69) is 30.4 Å². The predicted octanol–water partition coefficient (Wildman–Crippen LogP) is 4.18. The molecule has 0 aliphatic rings. The number of nitrogens with one attached hydrogen (secondary N) is 1. The van der Waals surface area contributed by atoms with Crippen LogP contribution in [0.25, 0.3) is 0 Å². The van der Waals surface area contributed by atoms with E-state index < -0.39 is 6.04 Å². The zero-order chi connectivity index (χ0) is 22.1. The molecular formula is C24H32N2O3S. The van der Waals surface area contributed by atoms with Gasteiger partial charge in [-0.05, 0) is 51.0 Å². The van der Waals surface area contributed by atoms with E-state index in [1.54, 1.807) is 30.7 Å². The molecule has 0 aliphatic heterocycles. The van der Waals surface area contributed by atoms with Crippen LogP contribution < -0.4 is 10.1 Å². The summed E-state index contributed by atoms with van der Waals surface area (Å²) in [6.07, 6.45) is 0. The van der Waals surface area contributed by atoms with Crippen LogP contribution in [-0.2, 0) is 21.9 Å². The molecule has 2 aromatic rings. The van der Waals surface area contributed by atoms with Gasteiger partial charge in [0.05, 0.1) is 12.9 Å². The fourth-order valence-electron chi connectivity index (χ4n) is 3.06. The number of carbonyl (C=O) groups is 2. The topological polar surface area (TPSA) is 58.6 Å². The monoisotopic (exact) mass is 428 g/mol. The van der Waals surface area contributed by atoms with Crippen molar-refractivity contribution in [3.63, 3.8) is 0 Å². The van der Waals surface area contributed by atoms with Gasteiger partial charge in [0.2, 0.25) is 11.8 Å². The molecule has 0 aliphatic carbocycles. The average Bonchev–Trinajstić information content (AvgIpc) is 2.71. The predicted molar refractivity (Wildman–Crippen MR) is 124 cm³/mol. The van der Waals surface area contributed by atoms with Crippen LogP contribution in [0, 0.1) is 6.92 Å². The molecule has 5 nitrogen and oxygen atoms in total. The van der Waals surface area contributed by atoms with Crippen LogP contribution >= 0.6 is 11.8 Å². The van der Waals surface area contributed by atoms with Crippen molar-refractivity contribution >= 4 is 23.6 Å². The maximum absolute atomic E-state index is 13.1. The first-order chi connectivity index (χ1) is 14.3. The molecule has 2 amide bonds. The third kappa shape index (κ3) is 7.41. The molecular weight excluding hydrogens is 396 g/mol. The standard InChI is InChI=1S/C24H32N2O3S/c1-17(2)25-24(28)19(4)26(14-20-9-11-22(29-5)12-10-20)23(27)16-30-15-21-8-6-7-18(3)13-21/h6-13,17,19H,14-16H2,1-5H3,(H,25,28)/t19-/m0/s1. The van der Waals surface area contributed by atoms with Crippen molar-refractivity contribution in [2.75, 3.05) is 12.9 Å². The number of hydrogen-bond acceptors (Lipinski definition) is 4. The first-order valence-corrected chi connectivity index (χ1v) is 11.3. The second-order valence-corrected chi connectivity index (χ2v) is 8.68. The number of rotatable bonds is 10. The van der Waals surface area contributed by atoms with Crippen LogP contribution in [-0.4, -0.2) is 41.7 Å². The van der Waals surface area contributed by atoms with Crippen LogP contribution in [0.5, 0.6) is 5.75 Å². The molecule has 30 heavy (non-hydrogen) atoms. The normalized spacial score (nSPS) is 11.8. The number of nitrogens with zero attached hydrogens (tertiary/aromatic N) is 1. The number of carbonyl (C=O) groups excluding carboxylic acids is 2. The Morgan fingerprint density at radius 2 is 1.77 bits per heavy atom. The first-order valence-electron chi connectivity index (χ1n) is 10.2. The number of ether oxygens (including phenoxy) is 1. The van der Waals surface area contributed by atoms with Gasteiger partial charge < -0.3 is 15.0 Å². The van der Waals surface area contributed by atoms with Gasteiger partial charge in [0.1, 0.15) is 11.8 Å². The van der Waals surface area contributed by atoms with E-state index in [4.69, 9.17) is 4.74 Å². The molecule has 6 heteroatoms. The largest absolute Gasteiger partial charge is 0.497 e. The quantitative estimate of drug-likeness (QED) is 0.617. The first kappa shape index (κ1) is 23.8. The molecule has 0 radical (unpaired) electrons. The molecule has 0 saturated carbocycles. The Labute approximate surface area is 184 Å². The Morgan fingerprint density at radius 3 is 2.37 bits per heavy atom. The van der Waals surface area contributed by atoms with Gasteiger partial charge in [0, 0.05) is 18.3 Å². The zero-order valence-electron chi connectivity index (χ0n) is 18.5. The van der Waals surface area contributed by atoms with E-state index in [1.165, 1.54) is 11.1 Å². The van der Waals surface area contributed by atoms with Crippen molar-refractivity contribution in [2.45, 2.75) is 52.1 Å². The Kier molecular flexibility index (Phi) is 9.24. The molecule has 0 fully saturated rings.